The maximum absolute atomic E-state index is 13.4. The van der Waals surface area contributed by atoms with Crippen LogP contribution in [0.5, 0.6) is 0 Å². The molecule has 0 amide bonds. The van der Waals surface area contributed by atoms with Crippen LogP contribution in [0.25, 0.3) is 0 Å². The van der Waals surface area contributed by atoms with E-state index < -0.39 is 17.3 Å². The van der Waals surface area contributed by atoms with Crippen molar-refractivity contribution in [1.82, 2.24) is 4.90 Å². The Morgan fingerprint density at radius 2 is 1.69 bits per heavy atom. The average Bonchev–Trinajstić information content (AvgIpc) is 2.97. The Morgan fingerprint density at radius 1 is 0.931 bits per heavy atom. The van der Waals surface area contributed by atoms with Gasteiger partial charge in [0.1, 0.15) is 5.60 Å². The second-order valence-electron chi connectivity index (χ2n) is 7.75. The summed E-state index contributed by atoms with van der Waals surface area (Å²) >= 11 is 0. The highest BCUT2D eigenvalue weighted by Gasteiger charge is 2.51. The summed E-state index contributed by atoms with van der Waals surface area (Å²) in [5.74, 6) is 0. The maximum Gasteiger partial charge on any atom is 0.416 e. The van der Waals surface area contributed by atoms with Gasteiger partial charge in [-0.15, -0.1) is 0 Å². The van der Waals surface area contributed by atoms with Crippen molar-refractivity contribution in [2.75, 3.05) is 13.1 Å². The normalized spacial score (nSPS) is 23.8. The van der Waals surface area contributed by atoms with Crippen molar-refractivity contribution in [3.63, 3.8) is 0 Å². The molecule has 0 aromatic heterocycles. The molecule has 2 nitrogen and oxygen atoms in total. The minimum absolute atomic E-state index is 0.154. The standard InChI is InChI=1S/C24H20F3NO/c25-24(26,27)19-10-6-9-18(13-19)23-16-28(14-17-7-2-1-3-8-17)15-22(29-23)20-11-4-5-12-21(20)23/h1-13,22H,14-16H2. The van der Waals surface area contributed by atoms with E-state index in [1.807, 2.05) is 42.5 Å². The second-order valence-corrected chi connectivity index (χ2v) is 7.75. The van der Waals surface area contributed by atoms with Gasteiger partial charge in [-0.05, 0) is 34.4 Å². The lowest BCUT2D eigenvalue weighted by molar-refractivity contribution is -0.138. The first-order valence-corrected chi connectivity index (χ1v) is 9.67. The number of hydrogen-bond acceptors (Lipinski definition) is 2. The van der Waals surface area contributed by atoms with Gasteiger partial charge in [0.2, 0.25) is 0 Å². The molecule has 2 heterocycles. The van der Waals surface area contributed by atoms with Gasteiger partial charge in [-0.3, -0.25) is 4.90 Å². The van der Waals surface area contributed by atoms with Crippen molar-refractivity contribution < 1.29 is 17.9 Å². The summed E-state index contributed by atoms with van der Waals surface area (Å²) in [7, 11) is 0. The van der Waals surface area contributed by atoms with Gasteiger partial charge in [0.05, 0.1) is 11.7 Å². The summed E-state index contributed by atoms with van der Waals surface area (Å²) in [6.45, 7) is 1.96. The van der Waals surface area contributed by atoms with Crippen LogP contribution >= 0.6 is 0 Å². The summed E-state index contributed by atoms with van der Waals surface area (Å²) in [5.41, 5.74) is 2.24. The van der Waals surface area contributed by atoms with E-state index in [0.29, 0.717) is 18.7 Å². The van der Waals surface area contributed by atoms with Crippen LogP contribution in [0.15, 0.2) is 78.9 Å². The van der Waals surface area contributed by atoms with Gasteiger partial charge in [-0.1, -0.05) is 66.7 Å². The fourth-order valence-electron chi connectivity index (χ4n) is 4.61. The number of morpholine rings is 1. The van der Waals surface area contributed by atoms with E-state index >= 15 is 0 Å². The summed E-state index contributed by atoms with van der Waals surface area (Å²) in [4.78, 5) is 2.28. The Kier molecular flexibility index (Phi) is 4.26. The Morgan fingerprint density at radius 3 is 2.48 bits per heavy atom. The summed E-state index contributed by atoms with van der Waals surface area (Å²) in [5, 5.41) is 0. The predicted molar refractivity (Wildman–Crippen MR) is 104 cm³/mol. The minimum atomic E-state index is -4.39. The molecule has 5 heteroatoms. The maximum atomic E-state index is 13.4. The molecule has 2 bridgehead atoms. The van der Waals surface area contributed by atoms with Crippen LogP contribution in [-0.4, -0.2) is 18.0 Å². The average molecular weight is 395 g/mol. The van der Waals surface area contributed by atoms with Gasteiger partial charge in [0.15, 0.2) is 0 Å². The molecule has 1 fully saturated rings. The van der Waals surface area contributed by atoms with E-state index in [1.54, 1.807) is 6.07 Å². The van der Waals surface area contributed by atoms with E-state index in [0.717, 1.165) is 23.7 Å². The lowest BCUT2D eigenvalue weighted by Gasteiger charge is -2.41. The van der Waals surface area contributed by atoms with E-state index in [-0.39, 0.29) is 6.10 Å². The fourth-order valence-corrected chi connectivity index (χ4v) is 4.61. The van der Waals surface area contributed by atoms with Gasteiger partial charge >= 0.3 is 6.18 Å². The molecule has 2 aliphatic rings. The number of halogens is 3. The lowest BCUT2D eigenvalue weighted by Crippen LogP contribution is -2.47. The van der Waals surface area contributed by atoms with Crippen LogP contribution in [0, 0.1) is 0 Å². The van der Waals surface area contributed by atoms with Crippen molar-refractivity contribution >= 4 is 0 Å². The second kappa shape index (κ2) is 6.71. The molecule has 0 radical (unpaired) electrons. The quantitative estimate of drug-likeness (QED) is 0.578. The molecule has 2 atom stereocenters. The molecule has 3 aromatic rings. The van der Waals surface area contributed by atoms with Crippen LogP contribution in [0.2, 0.25) is 0 Å². The highest BCUT2D eigenvalue weighted by molar-refractivity contribution is 5.48. The Bertz CT molecular complexity index is 1030. The first kappa shape index (κ1) is 18.4. The van der Waals surface area contributed by atoms with Crippen LogP contribution in [0.1, 0.15) is 33.9 Å². The van der Waals surface area contributed by atoms with E-state index in [1.165, 1.54) is 17.7 Å². The highest BCUT2D eigenvalue weighted by atomic mass is 19.4. The van der Waals surface area contributed by atoms with Gasteiger partial charge in [-0.25, -0.2) is 0 Å². The zero-order valence-corrected chi connectivity index (χ0v) is 15.7. The molecular formula is C24H20F3NO. The topological polar surface area (TPSA) is 12.5 Å². The third kappa shape index (κ3) is 3.15. The molecule has 0 spiro atoms. The monoisotopic (exact) mass is 395 g/mol. The molecule has 0 aliphatic carbocycles. The molecular weight excluding hydrogens is 375 g/mol. The molecule has 5 rings (SSSR count). The first-order valence-electron chi connectivity index (χ1n) is 9.67. The van der Waals surface area contributed by atoms with Crippen molar-refractivity contribution in [1.29, 1.82) is 0 Å². The molecule has 29 heavy (non-hydrogen) atoms. The smallest absolute Gasteiger partial charge is 0.355 e. The van der Waals surface area contributed by atoms with Gasteiger partial charge in [-0.2, -0.15) is 13.2 Å². The first-order chi connectivity index (χ1) is 14.0. The zero-order valence-electron chi connectivity index (χ0n) is 15.7. The van der Waals surface area contributed by atoms with Crippen LogP contribution in [-0.2, 0) is 23.1 Å². The Balaban J connectivity index is 1.59. The number of fused-ring (bicyclic) bond motifs is 5. The van der Waals surface area contributed by atoms with Crippen LogP contribution < -0.4 is 0 Å². The van der Waals surface area contributed by atoms with Crippen LogP contribution in [0.3, 0.4) is 0 Å². The molecule has 2 aliphatic heterocycles. The van der Waals surface area contributed by atoms with E-state index in [2.05, 4.69) is 17.0 Å². The highest BCUT2D eigenvalue weighted by Crippen LogP contribution is 2.51. The molecule has 0 saturated carbocycles. The number of ether oxygens (including phenoxy) is 1. The number of alkyl halides is 3. The molecule has 2 unspecified atom stereocenters. The third-order valence-electron chi connectivity index (χ3n) is 5.86. The van der Waals surface area contributed by atoms with Crippen molar-refractivity contribution in [2.45, 2.75) is 24.4 Å². The molecule has 1 saturated heterocycles. The van der Waals surface area contributed by atoms with E-state index in [9.17, 15) is 13.2 Å². The lowest BCUT2D eigenvalue weighted by atomic mass is 9.84. The van der Waals surface area contributed by atoms with Gasteiger partial charge < -0.3 is 4.74 Å². The molecule has 148 valence electrons. The van der Waals surface area contributed by atoms with Gasteiger partial charge in [0, 0.05) is 19.6 Å². The largest absolute Gasteiger partial charge is 0.416 e. The third-order valence-corrected chi connectivity index (χ3v) is 5.86. The van der Waals surface area contributed by atoms with Crippen molar-refractivity contribution in [3.05, 3.63) is 107 Å². The van der Waals surface area contributed by atoms with Crippen molar-refractivity contribution in [3.8, 4) is 0 Å². The number of rotatable bonds is 3. The minimum Gasteiger partial charge on any atom is -0.355 e. The number of benzene rings is 3. The zero-order chi connectivity index (χ0) is 20.1. The SMILES string of the molecule is FC(F)(F)c1cccc(C23CN(Cc4ccccc4)CC(O2)c2ccccc23)c1. The number of nitrogens with zero attached hydrogens (tertiary/aromatic N) is 1. The van der Waals surface area contributed by atoms with Gasteiger partial charge in [0.25, 0.3) is 0 Å². The van der Waals surface area contributed by atoms with E-state index in [4.69, 9.17) is 4.74 Å². The number of hydrogen-bond donors (Lipinski definition) is 0. The summed E-state index contributed by atoms with van der Waals surface area (Å²) in [6.07, 6.45) is -4.54. The van der Waals surface area contributed by atoms with Crippen molar-refractivity contribution in [2.24, 2.45) is 0 Å². The summed E-state index contributed by atoms with van der Waals surface area (Å²) < 4.78 is 46.6. The molecule has 3 aromatic carbocycles. The summed E-state index contributed by atoms with van der Waals surface area (Å²) in [6, 6.07) is 23.6. The Hall–Kier alpha value is -2.63. The van der Waals surface area contributed by atoms with Crippen LogP contribution in [0.4, 0.5) is 13.2 Å². The predicted octanol–water partition coefficient (Wildman–Crippen LogP) is 5.54. The fraction of sp³-hybridized carbons (Fsp3) is 0.250. The Labute approximate surface area is 167 Å². The molecule has 0 N–H and O–H groups in total.